The molecule has 2 aromatic heterocycles. The number of aryl methyl sites for hydroxylation is 3. The number of rotatable bonds is 5. The van der Waals surface area contributed by atoms with Crippen molar-refractivity contribution in [2.24, 2.45) is 0 Å². The summed E-state index contributed by atoms with van der Waals surface area (Å²) in [6.45, 7) is 5.46. The molecule has 9 heteroatoms. The Balaban J connectivity index is 1.72. The zero-order chi connectivity index (χ0) is 22.3. The average Bonchev–Trinajstić information content (AvgIpc) is 3.10. The van der Waals surface area contributed by atoms with Crippen LogP contribution in [-0.2, 0) is 24.2 Å². The zero-order valence-electron chi connectivity index (χ0n) is 17.7. The van der Waals surface area contributed by atoms with Crippen molar-refractivity contribution in [3.63, 3.8) is 0 Å². The van der Waals surface area contributed by atoms with Crippen molar-refractivity contribution < 1.29 is 9.72 Å². The van der Waals surface area contributed by atoms with Crippen molar-refractivity contribution >= 4 is 38.8 Å². The van der Waals surface area contributed by atoms with E-state index in [2.05, 4.69) is 5.32 Å². The largest absolute Gasteiger partial charge is 0.324 e. The second kappa shape index (κ2) is 8.22. The Morgan fingerprint density at radius 3 is 2.77 bits per heavy atom. The van der Waals surface area contributed by atoms with E-state index in [9.17, 15) is 19.7 Å². The summed E-state index contributed by atoms with van der Waals surface area (Å²) in [7, 11) is 0. The summed E-state index contributed by atoms with van der Waals surface area (Å²) in [4.78, 5) is 43.6. The second-order valence-corrected chi connectivity index (χ2v) is 9.30. The molecule has 0 aliphatic heterocycles. The number of non-ortho nitro benzene ring substituents is 1. The van der Waals surface area contributed by atoms with E-state index in [1.807, 2.05) is 13.8 Å². The lowest BCUT2D eigenvalue weighted by Gasteiger charge is -2.16. The number of thiophene rings is 1. The smallest absolute Gasteiger partial charge is 0.271 e. The van der Waals surface area contributed by atoms with Gasteiger partial charge in [0.25, 0.3) is 11.2 Å². The van der Waals surface area contributed by atoms with Gasteiger partial charge in [0.15, 0.2) is 0 Å². The highest BCUT2D eigenvalue weighted by Gasteiger charge is 2.24. The molecule has 0 radical (unpaired) electrons. The quantitative estimate of drug-likeness (QED) is 0.470. The average molecular weight is 441 g/mol. The van der Waals surface area contributed by atoms with E-state index in [1.54, 1.807) is 24.3 Å². The Kier molecular flexibility index (Phi) is 5.62. The van der Waals surface area contributed by atoms with Crippen LogP contribution in [0.2, 0.25) is 0 Å². The number of nitrogens with zero attached hydrogens (tertiary/aromatic N) is 3. The summed E-state index contributed by atoms with van der Waals surface area (Å²) in [5.41, 5.74) is 1.87. The fraction of sp³-hybridized carbons (Fsp3) is 0.409. The van der Waals surface area contributed by atoms with Gasteiger partial charge < -0.3 is 5.32 Å². The molecular weight excluding hydrogens is 416 g/mol. The van der Waals surface area contributed by atoms with Gasteiger partial charge in [-0.25, -0.2) is 4.98 Å². The lowest BCUT2D eigenvalue weighted by molar-refractivity contribution is -0.384. The number of hydrogen-bond acceptors (Lipinski definition) is 6. The van der Waals surface area contributed by atoms with E-state index >= 15 is 0 Å². The van der Waals surface area contributed by atoms with Crippen molar-refractivity contribution in [3.05, 3.63) is 60.5 Å². The Hall–Kier alpha value is -3.07. The van der Waals surface area contributed by atoms with Crippen molar-refractivity contribution in [2.75, 3.05) is 5.32 Å². The lowest BCUT2D eigenvalue weighted by atomic mass is 9.97. The van der Waals surface area contributed by atoms with E-state index in [-0.39, 0.29) is 23.7 Å². The Bertz CT molecular complexity index is 1260. The molecule has 8 nitrogen and oxygen atoms in total. The molecule has 0 saturated carbocycles. The summed E-state index contributed by atoms with van der Waals surface area (Å²) < 4.78 is 1.45. The van der Waals surface area contributed by atoms with Gasteiger partial charge in [-0.1, -0.05) is 19.9 Å². The molecule has 0 saturated heterocycles. The van der Waals surface area contributed by atoms with Crippen LogP contribution in [0.25, 0.3) is 10.2 Å². The van der Waals surface area contributed by atoms with Gasteiger partial charge in [-0.2, -0.15) is 0 Å². The molecule has 31 heavy (non-hydrogen) atoms. The van der Waals surface area contributed by atoms with Gasteiger partial charge >= 0.3 is 0 Å². The summed E-state index contributed by atoms with van der Waals surface area (Å²) in [5, 5.41) is 14.4. The van der Waals surface area contributed by atoms with Crippen LogP contribution >= 0.6 is 11.3 Å². The van der Waals surface area contributed by atoms with Gasteiger partial charge in [0.2, 0.25) is 5.91 Å². The molecule has 2 heterocycles. The highest BCUT2D eigenvalue weighted by molar-refractivity contribution is 7.18. The predicted octanol–water partition coefficient (Wildman–Crippen LogP) is 4.32. The van der Waals surface area contributed by atoms with E-state index in [1.165, 1.54) is 21.6 Å². The molecule has 1 amide bonds. The zero-order valence-corrected chi connectivity index (χ0v) is 18.5. The highest BCUT2D eigenvalue weighted by atomic mass is 32.1. The third-order valence-electron chi connectivity index (χ3n) is 5.63. The van der Waals surface area contributed by atoms with Gasteiger partial charge in [0.1, 0.15) is 17.2 Å². The summed E-state index contributed by atoms with van der Waals surface area (Å²) >= 11 is 1.59. The number of amides is 1. The minimum atomic E-state index is -0.506. The number of anilines is 1. The number of aromatic nitrogens is 2. The predicted molar refractivity (Wildman–Crippen MR) is 121 cm³/mol. The molecule has 0 unspecified atom stereocenters. The number of fused-ring (bicyclic) bond motifs is 3. The van der Waals surface area contributed by atoms with Crippen LogP contribution in [0.1, 0.15) is 54.4 Å². The Morgan fingerprint density at radius 2 is 2.06 bits per heavy atom. The van der Waals surface area contributed by atoms with Crippen molar-refractivity contribution in [1.82, 2.24) is 9.55 Å². The van der Waals surface area contributed by atoms with Gasteiger partial charge in [0.05, 0.1) is 16.0 Å². The van der Waals surface area contributed by atoms with Crippen LogP contribution in [0.3, 0.4) is 0 Å². The highest BCUT2D eigenvalue weighted by Crippen LogP contribution is 2.34. The monoisotopic (exact) mass is 440 g/mol. The van der Waals surface area contributed by atoms with E-state index in [0.717, 1.165) is 36.1 Å². The number of nitrogens with one attached hydrogen (secondary N) is 1. The lowest BCUT2D eigenvalue weighted by Crippen LogP contribution is -2.32. The molecule has 3 aromatic rings. The fourth-order valence-electron chi connectivity index (χ4n) is 4.04. The van der Waals surface area contributed by atoms with Crippen LogP contribution in [0, 0.1) is 17.0 Å². The molecule has 0 spiro atoms. The summed E-state index contributed by atoms with van der Waals surface area (Å²) in [6, 6.07) is 4.31. The minimum Gasteiger partial charge on any atom is -0.324 e. The summed E-state index contributed by atoms with van der Waals surface area (Å²) in [5.74, 6) is 0.114. The Labute approximate surface area is 183 Å². The number of carbonyl (C=O) groups is 1. The van der Waals surface area contributed by atoms with Gasteiger partial charge in [-0.15, -0.1) is 11.3 Å². The fourth-order valence-corrected chi connectivity index (χ4v) is 5.30. The maximum Gasteiger partial charge on any atom is 0.271 e. The summed E-state index contributed by atoms with van der Waals surface area (Å²) in [6.07, 6.45) is 4.01. The SMILES string of the molecule is Cc1ccc([N+](=O)[O-])cc1NC(=O)Cn1c(C(C)C)nc2sc3c(c2c1=O)CCCC3. The molecule has 4 rings (SSSR count). The molecule has 0 fully saturated rings. The molecule has 1 aromatic carbocycles. The van der Waals surface area contributed by atoms with Crippen molar-refractivity contribution in [3.8, 4) is 0 Å². The number of nitro benzene ring substituents is 1. The molecule has 1 N–H and O–H groups in total. The third kappa shape index (κ3) is 3.97. The van der Waals surface area contributed by atoms with Crippen molar-refractivity contribution in [1.29, 1.82) is 0 Å². The second-order valence-electron chi connectivity index (χ2n) is 8.21. The standard InChI is InChI=1S/C22H24N4O4S/c1-12(2)20-24-21-19(15-6-4-5-7-17(15)31-21)22(28)25(20)11-18(27)23-16-10-14(26(29)30)9-8-13(16)3/h8-10,12H,4-7,11H2,1-3H3,(H,23,27). The molecule has 1 aliphatic carbocycles. The van der Waals surface area contributed by atoms with E-state index < -0.39 is 10.8 Å². The first-order valence-corrected chi connectivity index (χ1v) is 11.2. The van der Waals surface area contributed by atoms with Crippen LogP contribution in [-0.4, -0.2) is 20.4 Å². The van der Waals surface area contributed by atoms with Crippen LogP contribution in [0.4, 0.5) is 11.4 Å². The van der Waals surface area contributed by atoms with Gasteiger partial charge in [-0.3, -0.25) is 24.3 Å². The topological polar surface area (TPSA) is 107 Å². The third-order valence-corrected chi connectivity index (χ3v) is 6.81. The van der Waals surface area contributed by atoms with Crippen LogP contribution < -0.4 is 10.9 Å². The maximum atomic E-state index is 13.4. The molecular formula is C22H24N4O4S. The normalized spacial score (nSPS) is 13.4. The van der Waals surface area contributed by atoms with Crippen molar-refractivity contribution in [2.45, 2.75) is 58.9 Å². The van der Waals surface area contributed by atoms with Gasteiger partial charge in [0, 0.05) is 22.9 Å². The first-order chi connectivity index (χ1) is 14.8. The molecule has 162 valence electrons. The van der Waals surface area contributed by atoms with E-state index in [0.29, 0.717) is 22.5 Å². The molecule has 1 aliphatic rings. The first kappa shape index (κ1) is 21.2. The molecule has 0 bridgehead atoms. The minimum absolute atomic E-state index is 0.0384. The first-order valence-electron chi connectivity index (χ1n) is 10.4. The molecule has 0 atom stereocenters. The number of hydrogen-bond donors (Lipinski definition) is 1. The van der Waals surface area contributed by atoms with E-state index in [4.69, 9.17) is 4.98 Å². The van der Waals surface area contributed by atoms with Gasteiger partial charge in [-0.05, 0) is 43.7 Å². The number of benzene rings is 1. The number of carbonyl (C=O) groups excluding carboxylic acids is 1. The Morgan fingerprint density at radius 1 is 1.32 bits per heavy atom. The number of nitro groups is 1. The maximum absolute atomic E-state index is 13.4. The van der Waals surface area contributed by atoms with Crippen LogP contribution in [0.15, 0.2) is 23.0 Å². The van der Waals surface area contributed by atoms with Crippen LogP contribution in [0.5, 0.6) is 0 Å².